The summed E-state index contributed by atoms with van der Waals surface area (Å²) in [6, 6.07) is 12.9. The van der Waals surface area contributed by atoms with Crippen molar-refractivity contribution in [2.45, 2.75) is 31.4 Å². The first-order chi connectivity index (χ1) is 16.7. The lowest BCUT2D eigenvalue weighted by Gasteiger charge is -2.28. The van der Waals surface area contributed by atoms with Crippen molar-refractivity contribution < 1.29 is 8.42 Å². The SMILES string of the molecule is CN(C)c1nc(NC[C@H]2CC[C@H](CNS(=O)(=O)Cc3cc(Cl)cc(Cl)c3)CC2)nc2ccccc12. The highest BCUT2D eigenvalue weighted by molar-refractivity contribution is 7.88. The Hall–Kier alpha value is -2.13. The summed E-state index contributed by atoms with van der Waals surface area (Å²) in [5.74, 6) is 2.25. The van der Waals surface area contributed by atoms with E-state index in [1.54, 1.807) is 18.2 Å². The molecule has 1 aliphatic rings. The molecule has 0 saturated heterocycles. The summed E-state index contributed by atoms with van der Waals surface area (Å²) in [6.45, 7) is 1.26. The summed E-state index contributed by atoms with van der Waals surface area (Å²) in [5.41, 5.74) is 1.50. The van der Waals surface area contributed by atoms with Crippen molar-refractivity contribution in [1.82, 2.24) is 14.7 Å². The highest BCUT2D eigenvalue weighted by Crippen LogP contribution is 2.29. The maximum atomic E-state index is 12.5. The van der Waals surface area contributed by atoms with Crippen LogP contribution in [0.25, 0.3) is 10.9 Å². The fourth-order valence-electron chi connectivity index (χ4n) is 4.56. The van der Waals surface area contributed by atoms with Crippen LogP contribution in [0, 0.1) is 11.8 Å². The van der Waals surface area contributed by atoms with Crippen LogP contribution in [0.5, 0.6) is 0 Å². The third-order valence-corrected chi connectivity index (χ3v) is 8.15. The molecule has 188 valence electrons. The van der Waals surface area contributed by atoms with Crippen molar-refractivity contribution in [2.75, 3.05) is 37.4 Å². The molecule has 35 heavy (non-hydrogen) atoms. The predicted octanol–water partition coefficient (Wildman–Crippen LogP) is 5.34. The van der Waals surface area contributed by atoms with E-state index < -0.39 is 10.0 Å². The summed E-state index contributed by atoms with van der Waals surface area (Å²) in [6.07, 6.45) is 4.05. The standard InChI is InChI=1S/C25H31Cl2N5O2S/c1-32(2)24-22-5-3-4-6-23(22)30-25(31-24)28-14-17-7-9-18(10-8-17)15-29-35(33,34)16-19-11-20(26)13-21(27)12-19/h3-6,11-13,17-18,29H,7-10,14-16H2,1-2H3,(H,28,30,31)/t17-,18-. The molecule has 7 nitrogen and oxygen atoms in total. The van der Waals surface area contributed by atoms with Crippen molar-refractivity contribution in [3.05, 3.63) is 58.1 Å². The third kappa shape index (κ3) is 7.19. The molecule has 0 atom stereocenters. The first-order valence-electron chi connectivity index (χ1n) is 11.8. The van der Waals surface area contributed by atoms with E-state index in [-0.39, 0.29) is 5.75 Å². The smallest absolute Gasteiger partial charge is 0.225 e. The fraction of sp³-hybridized carbons (Fsp3) is 0.440. The number of hydrogen-bond acceptors (Lipinski definition) is 6. The van der Waals surface area contributed by atoms with Gasteiger partial charge in [0.25, 0.3) is 0 Å². The number of nitrogens with zero attached hydrogens (tertiary/aromatic N) is 3. The molecule has 1 heterocycles. The Labute approximate surface area is 217 Å². The van der Waals surface area contributed by atoms with Gasteiger partial charge in [0.15, 0.2) is 0 Å². The molecule has 2 aromatic carbocycles. The maximum Gasteiger partial charge on any atom is 0.225 e. The Morgan fingerprint density at radius 3 is 2.23 bits per heavy atom. The molecule has 4 rings (SSSR count). The minimum atomic E-state index is -3.46. The zero-order valence-electron chi connectivity index (χ0n) is 20.0. The molecule has 1 saturated carbocycles. The summed E-state index contributed by atoms with van der Waals surface area (Å²) >= 11 is 12.0. The first-order valence-corrected chi connectivity index (χ1v) is 14.2. The molecular weight excluding hydrogens is 505 g/mol. The van der Waals surface area contributed by atoms with Gasteiger partial charge in [0.1, 0.15) is 5.82 Å². The van der Waals surface area contributed by atoms with E-state index in [0.29, 0.717) is 39.9 Å². The maximum absolute atomic E-state index is 12.5. The van der Waals surface area contributed by atoms with Crippen LogP contribution in [0.2, 0.25) is 10.0 Å². The second-order valence-electron chi connectivity index (χ2n) is 9.44. The first kappa shape index (κ1) is 25.9. The number of fused-ring (bicyclic) bond motifs is 1. The Balaban J connectivity index is 1.26. The molecular formula is C25H31Cl2N5O2S. The van der Waals surface area contributed by atoms with Gasteiger partial charge in [-0.25, -0.2) is 18.1 Å². The van der Waals surface area contributed by atoms with E-state index in [4.69, 9.17) is 28.2 Å². The van der Waals surface area contributed by atoms with Gasteiger partial charge in [-0.2, -0.15) is 4.98 Å². The van der Waals surface area contributed by atoms with Crippen LogP contribution >= 0.6 is 23.2 Å². The van der Waals surface area contributed by atoms with Crippen LogP contribution in [-0.4, -0.2) is 45.6 Å². The van der Waals surface area contributed by atoms with Gasteiger partial charge in [-0.3, -0.25) is 0 Å². The van der Waals surface area contributed by atoms with E-state index in [0.717, 1.165) is 48.9 Å². The molecule has 10 heteroatoms. The van der Waals surface area contributed by atoms with Gasteiger partial charge in [-0.15, -0.1) is 0 Å². The van der Waals surface area contributed by atoms with Gasteiger partial charge < -0.3 is 10.2 Å². The average molecular weight is 537 g/mol. The summed E-state index contributed by atoms with van der Waals surface area (Å²) in [4.78, 5) is 11.4. The summed E-state index contributed by atoms with van der Waals surface area (Å²) < 4.78 is 27.8. The average Bonchev–Trinajstić information content (AvgIpc) is 2.80. The molecule has 0 amide bonds. The predicted molar refractivity (Wildman–Crippen MR) is 145 cm³/mol. The Morgan fingerprint density at radius 2 is 1.57 bits per heavy atom. The largest absolute Gasteiger partial charge is 0.362 e. The summed E-state index contributed by atoms with van der Waals surface area (Å²) in [7, 11) is 0.512. The van der Waals surface area contributed by atoms with Gasteiger partial charge in [0, 0.05) is 42.6 Å². The van der Waals surface area contributed by atoms with Crippen LogP contribution in [0.1, 0.15) is 31.2 Å². The molecule has 2 N–H and O–H groups in total. The van der Waals surface area contributed by atoms with Crippen LogP contribution < -0.4 is 14.9 Å². The highest BCUT2D eigenvalue weighted by atomic mass is 35.5. The lowest BCUT2D eigenvalue weighted by atomic mass is 9.82. The number of rotatable bonds is 9. The molecule has 1 aromatic heterocycles. The molecule has 0 radical (unpaired) electrons. The van der Waals surface area contributed by atoms with E-state index in [1.165, 1.54) is 0 Å². The van der Waals surface area contributed by atoms with E-state index >= 15 is 0 Å². The van der Waals surface area contributed by atoms with Crippen LogP contribution in [0.4, 0.5) is 11.8 Å². The number of halogens is 2. The van der Waals surface area contributed by atoms with Crippen molar-refractivity contribution >= 4 is 55.9 Å². The second-order valence-corrected chi connectivity index (χ2v) is 12.1. The quantitative estimate of drug-likeness (QED) is 0.384. The van der Waals surface area contributed by atoms with Crippen molar-refractivity contribution in [3.63, 3.8) is 0 Å². The van der Waals surface area contributed by atoms with E-state index in [9.17, 15) is 8.42 Å². The molecule has 1 aliphatic carbocycles. The molecule has 0 bridgehead atoms. The van der Waals surface area contributed by atoms with Gasteiger partial charge in [-0.05, 0) is 73.4 Å². The number of nitrogens with one attached hydrogen (secondary N) is 2. The topological polar surface area (TPSA) is 87.2 Å². The molecule has 0 aliphatic heterocycles. The lowest BCUT2D eigenvalue weighted by molar-refractivity contribution is 0.284. The normalized spacial score (nSPS) is 18.5. The summed E-state index contributed by atoms with van der Waals surface area (Å²) in [5, 5.41) is 5.32. The second kappa shape index (κ2) is 11.3. The Morgan fingerprint density at radius 1 is 0.943 bits per heavy atom. The number of benzene rings is 2. The minimum absolute atomic E-state index is 0.132. The fourth-order valence-corrected chi connectivity index (χ4v) is 6.33. The van der Waals surface area contributed by atoms with E-state index in [2.05, 4.69) is 15.0 Å². The highest BCUT2D eigenvalue weighted by Gasteiger charge is 2.23. The Kier molecular flexibility index (Phi) is 8.37. The minimum Gasteiger partial charge on any atom is -0.362 e. The van der Waals surface area contributed by atoms with Gasteiger partial charge in [0.05, 0.1) is 11.3 Å². The van der Waals surface area contributed by atoms with Crippen LogP contribution in [-0.2, 0) is 15.8 Å². The number of anilines is 2. The number of para-hydroxylation sites is 1. The van der Waals surface area contributed by atoms with Crippen molar-refractivity contribution in [3.8, 4) is 0 Å². The zero-order chi connectivity index (χ0) is 25.0. The van der Waals surface area contributed by atoms with Crippen molar-refractivity contribution in [1.29, 1.82) is 0 Å². The molecule has 1 fully saturated rings. The Bertz CT molecular complexity index is 1260. The van der Waals surface area contributed by atoms with Gasteiger partial charge in [0.2, 0.25) is 16.0 Å². The zero-order valence-corrected chi connectivity index (χ0v) is 22.3. The molecule has 0 spiro atoms. The van der Waals surface area contributed by atoms with E-state index in [1.807, 2.05) is 43.3 Å². The molecule has 0 unspecified atom stereocenters. The van der Waals surface area contributed by atoms with Crippen molar-refractivity contribution in [2.24, 2.45) is 11.8 Å². The van der Waals surface area contributed by atoms with Crippen LogP contribution in [0.3, 0.4) is 0 Å². The van der Waals surface area contributed by atoms with Gasteiger partial charge in [-0.1, -0.05) is 35.3 Å². The lowest BCUT2D eigenvalue weighted by Crippen LogP contribution is -2.33. The number of aromatic nitrogens is 2. The van der Waals surface area contributed by atoms with Gasteiger partial charge >= 0.3 is 0 Å². The number of sulfonamides is 1. The monoisotopic (exact) mass is 535 g/mol. The van der Waals surface area contributed by atoms with Crippen LogP contribution in [0.15, 0.2) is 42.5 Å². The molecule has 3 aromatic rings. The number of hydrogen-bond donors (Lipinski definition) is 2. The third-order valence-electron chi connectivity index (χ3n) is 6.39.